The molecule has 4 heteroatoms. The molecule has 0 spiro atoms. The minimum atomic E-state index is -0.870. The summed E-state index contributed by atoms with van der Waals surface area (Å²) in [7, 11) is 0. The number of amides is 2. The largest absolute Gasteiger partial charge is 0.359 e. The molecule has 162 valence electrons. The zero-order chi connectivity index (χ0) is 22.4. The zero-order valence-corrected chi connectivity index (χ0v) is 18.2. The van der Waals surface area contributed by atoms with E-state index in [2.05, 4.69) is 36.4 Å². The van der Waals surface area contributed by atoms with Gasteiger partial charge in [-0.1, -0.05) is 97.1 Å². The van der Waals surface area contributed by atoms with Gasteiger partial charge in [0.25, 0.3) is 5.91 Å². The van der Waals surface area contributed by atoms with E-state index in [1.165, 1.54) is 11.0 Å². The molecule has 1 aliphatic rings. The van der Waals surface area contributed by atoms with Crippen LogP contribution in [0, 0.1) is 0 Å². The normalized spacial score (nSPS) is 16.6. The first-order valence-corrected chi connectivity index (χ1v) is 11.0. The molecule has 1 atom stereocenters. The van der Waals surface area contributed by atoms with E-state index in [1.54, 1.807) is 13.0 Å². The third-order valence-corrected chi connectivity index (χ3v) is 5.91. The number of ether oxygens (including phenoxy) is 1. The molecule has 0 N–H and O–H groups in total. The van der Waals surface area contributed by atoms with Crippen LogP contribution >= 0.6 is 0 Å². The lowest BCUT2D eigenvalue weighted by molar-refractivity contribution is -0.142. The molecule has 0 aliphatic carbocycles. The Morgan fingerprint density at radius 1 is 0.906 bits per heavy atom. The van der Waals surface area contributed by atoms with Crippen LogP contribution in [-0.4, -0.2) is 29.4 Å². The van der Waals surface area contributed by atoms with Crippen molar-refractivity contribution in [3.63, 3.8) is 0 Å². The molecule has 1 heterocycles. The van der Waals surface area contributed by atoms with Crippen LogP contribution in [0.4, 0.5) is 0 Å². The van der Waals surface area contributed by atoms with E-state index in [0.29, 0.717) is 12.8 Å². The van der Waals surface area contributed by atoms with Crippen molar-refractivity contribution in [1.29, 1.82) is 0 Å². The number of hydrogen-bond donors (Lipinski definition) is 0. The molecule has 0 saturated carbocycles. The molecule has 1 aliphatic heterocycles. The smallest absolute Gasteiger partial charge is 0.253 e. The molecule has 1 fully saturated rings. The molecule has 3 aromatic rings. The van der Waals surface area contributed by atoms with Gasteiger partial charge in [0, 0.05) is 6.42 Å². The van der Waals surface area contributed by atoms with Crippen molar-refractivity contribution < 1.29 is 14.3 Å². The van der Waals surface area contributed by atoms with Crippen LogP contribution in [0.1, 0.15) is 36.5 Å². The SMILES string of the molecule is C/C=C/C(=O)N1C(=O)CC[C@@H]1COC(c1ccccc1)(c1ccccc1)c1ccccc1. The van der Waals surface area contributed by atoms with Crippen molar-refractivity contribution >= 4 is 11.8 Å². The number of carbonyl (C=O) groups excluding carboxylic acids is 2. The fourth-order valence-corrected chi connectivity index (χ4v) is 4.42. The highest BCUT2D eigenvalue weighted by atomic mass is 16.5. The lowest BCUT2D eigenvalue weighted by atomic mass is 9.80. The van der Waals surface area contributed by atoms with E-state index in [4.69, 9.17) is 4.74 Å². The van der Waals surface area contributed by atoms with E-state index >= 15 is 0 Å². The second-order valence-corrected chi connectivity index (χ2v) is 7.88. The Morgan fingerprint density at radius 2 is 1.38 bits per heavy atom. The molecule has 3 aromatic carbocycles. The number of benzene rings is 3. The van der Waals surface area contributed by atoms with Gasteiger partial charge >= 0.3 is 0 Å². The molecule has 1 saturated heterocycles. The number of imide groups is 1. The van der Waals surface area contributed by atoms with E-state index in [9.17, 15) is 9.59 Å². The van der Waals surface area contributed by atoms with Gasteiger partial charge in [-0.15, -0.1) is 0 Å². The Morgan fingerprint density at radius 3 is 1.81 bits per heavy atom. The predicted molar refractivity (Wildman–Crippen MR) is 125 cm³/mol. The van der Waals surface area contributed by atoms with Crippen molar-refractivity contribution in [2.24, 2.45) is 0 Å². The number of allylic oxidation sites excluding steroid dienone is 1. The summed E-state index contributed by atoms with van der Waals surface area (Å²) in [5, 5.41) is 0. The Labute approximate surface area is 189 Å². The lowest BCUT2D eigenvalue weighted by Gasteiger charge is -2.37. The van der Waals surface area contributed by atoms with Crippen LogP contribution in [0.2, 0.25) is 0 Å². The molecular weight excluding hydrogens is 398 g/mol. The fourth-order valence-electron chi connectivity index (χ4n) is 4.42. The summed E-state index contributed by atoms with van der Waals surface area (Å²) in [6, 6.07) is 30.0. The summed E-state index contributed by atoms with van der Waals surface area (Å²) in [4.78, 5) is 26.4. The number of hydrogen-bond acceptors (Lipinski definition) is 3. The maximum Gasteiger partial charge on any atom is 0.253 e. The molecule has 0 radical (unpaired) electrons. The van der Waals surface area contributed by atoms with Gasteiger partial charge in [0.15, 0.2) is 0 Å². The van der Waals surface area contributed by atoms with Crippen LogP contribution in [0.15, 0.2) is 103 Å². The Balaban J connectivity index is 1.78. The summed E-state index contributed by atoms with van der Waals surface area (Å²) < 4.78 is 6.81. The van der Waals surface area contributed by atoms with Crippen LogP contribution in [0.25, 0.3) is 0 Å². The molecule has 2 amide bonds. The highest BCUT2D eigenvalue weighted by Gasteiger charge is 2.41. The Kier molecular flexibility index (Phi) is 6.62. The van der Waals surface area contributed by atoms with Gasteiger partial charge in [-0.2, -0.15) is 0 Å². The van der Waals surface area contributed by atoms with Gasteiger partial charge in [0.05, 0.1) is 12.6 Å². The molecule has 0 unspecified atom stereocenters. The quantitative estimate of drug-likeness (QED) is 0.391. The van der Waals surface area contributed by atoms with Crippen LogP contribution in [0.3, 0.4) is 0 Å². The van der Waals surface area contributed by atoms with Gasteiger partial charge in [-0.25, -0.2) is 0 Å². The maximum atomic E-state index is 12.6. The summed E-state index contributed by atoms with van der Waals surface area (Å²) in [5.74, 6) is -0.431. The third-order valence-electron chi connectivity index (χ3n) is 5.91. The summed E-state index contributed by atoms with van der Waals surface area (Å²) >= 11 is 0. The van der Waals surface area contributed by atoms with E-state index in [0.717, 1.165) is 16.7 Å². The number of rotatable bonds is 7. The lowest BCUT2D eigenvalue weighted by Crippen LogP contribution is -2.43. The maximum absolute atomic E-state index is 12.6. The van der Waals surface area contributed by atoms with Crippen molar-refractivity contribution in [3.05, 3.63) is 120 Å². The van der Waals surface area contributed by atoms with Crippen molar-refractivity contribution in [3.8, 4) is 0 Å². The molecular formula is C28H27NO3. The summed E-state index contributed by atoms with van der Waals surface area (Å²) in [5.41, 5.74) is 2.11. The first-order valence-electron chi connectivity index (χ1n) is 11.0. The molecule has 0 aromatic heterocycles. The fraction of sp³-hybridized carbons (Fsp3) is 0.214. The Hall–Kier alpha value is -3.50. The van der Waals surface area contributed by atoms with Crippen LogP contribution in [0.5, 0.6) is 0 Å². The van der Waals surface area contributed by atoms with Crippen molar-refractivity contribution in [1.82, 2.24) is 4.90 Å². The highest BCUT2D eigenvalue weighted by molar-refractivity contribution is 6.02. The average Bonchev–Trinajstić information content (AvgIpc) is 3.22. The monoisotopic (exact) mass is 425 g/mol. The van der Waals surface area contributed by atoms with Gasteiger partial charge in [-0.05, 0) is 36.1 Å². The Bertz CT molecular complexity index is 981. The second kappa shape index (κ2) is 9.75. The molecule has 4 nitrogen and oxygen atoms in total. The average molecular weight is 426 g/mol. The predicted octanol–water partition coefficient (Wildman–Crippen LogP) is 5.09. The van der Waals surface area contributed by atoms with Crippen LogP contribution < -0.4 is 0 Å². The minimum Gasteiger partial charge on any atom is -0.359 e. The summed E-state index contributed by atoms with van der Waals surface area (Å²) in [6.07, 6.45) is 4.05. The van der Waals surface area contributed by atoms with Crippen molar-refractivity contribution in [2.75, 3.05) is 6.61 Å². The first kappa shape index (κ1) is 21.7. The van der Waals surface area contributed by atoms with Gasteiger partial charge in [0.1, 0.15) is 5.60 Å². The van der Waals surface area contributed by atoms with E-state index in [-0.39, 0.29) is 24.5 Å². The summed E-state index contributed by atoms with van der Waals surface area (Å²) in [6.45, 7) is 2.02. The number of carbonyl (C=O) groups is 2. The van der Waals surface area contributed by atoms with Gasteiger partial charge < -0.3 is 4.74 Å². The van der Waals surface area contributed by atoms with Crippen LogP contribution in [-0.2, 0) is 19.9 Å². The van der Waals surface area contributed by atoms with Gasteiger partial charge in [0.2, 0.25) is 5.91 Å². The molecule has 32 heavy (non-hydrogen) atoms. The second-order valence-electron chi connectivity index (χ2n) is 7.88. The minimum absolute atomic E-state index is 0.147. The van der Waals surface area contributed by atoms with Crippen molar-refractivity contribution in [2.45, 2.75) is 31.4 Å². The molecule has 0 bridgehead atoms. The molecule has 4 rings (SSSR count). The standard InChI is InChI=1S/C28H27NO3/c1-2-12-26(30)29-25(19-20-27(29)31)21-32-28(22-13-6-3-7-14-22,23-15-8-4-9-16-23)24-17-10-5-11-18-24/h2-18,25H,19-21H2,1H3/b12-2+/t25-/m1/s1. The first-order chi connectivity index (χ1) is 15.7. The topological polar surface area (TPSA) is 46.6 Å². The van der Waals surface area contributed by atoms with Gasteiger partial charge in [-0.3, -0.25) is 14.5 Å². The number of likely N-dealkylation sites (tertiary alicyclic amines) is 1. The highest BCUT2D eigenvalue weighted by Crippen LogP contribution is 2.41. The zero-order valence-electron chi connectivity index (χ0n) is 18.2. The third kappa shape index (κ3) is 4.14. The number of nitrogens with zero attached hydrogens (tertiary/aromatic N) is 1. The van der Waals surface area contributed by atoms with E-state index in [1.807, 2.05) is 54.6 Å². The van der Waals surface area contributed by atoms with E-state index < -0.39 is 5.60 Å².